The van der Waals surface area contributed by atoms with E-state index in [0.717, 1.165) is 27.9 Å². The summed E-state index contributed by atoms with van der Waals surface area (Å²) >= 11 is 0. The Labute approximate surface area is 105 Å². The fourth-order valence-electron chi connectivity index (χ4n) is 1.95. The number of nitrogens with zero attached hydrogens (tertiary/aromatic N) is 3. The Hall–Kier alpha value is -2.49. The number of fused-ring (bicyclic) bond motifs is 1. The first-order valence-corrected chi connectivity index (χ1v) is 5.69. The summed E-state index contributed by atoms with van der Waals surface area (Å²) in [5, 5.41) is 1.09. The molecule has 0 spiro atoms. The SMILES string of the molecule is Cc1cc(-c2cnc3ccccc3c2)nc(N)n1. The third-order valence-corrected chi connectivity index (χ3v) is 2.76. The van der Waals surface area contributed by atoms with Gasteiger partial charge in [-0.3, -0.25) is 4.98 Å². The molecule has 0 aliphatic heterocycles. The summed E-state index contributed by atoms with van der Waals surface area (Å²) in [5.74, 6) is 0.290. The quantitative estimate of drug-likeness (QED) is 0.705. The molecule has 0 saturated heterocycles. The van der Waals surface area contributed by atoms with Crippen LogP contribution in [0.1, 0.15) is 5.69 Å². The lowest BCUT2D eigenvalue weighted by atomic mass is 10.1. The highest BCUT2D eigenvalue weighted by atomic mass is 15.0. The van der Waals surface area contributed by atoms with Gasteiger partial charge in [0.05, 0.1) is 11.2 Å². The maximum atomic E-state index is 5.67. The second-order valence-electron chi connectivity index (χ2n) is 4.17. The molecule has 0 atom stereocenters. The smallest absolute Gasteiger partial charge is 0.220 e. The van der Waals surface area contributed by atoms with E-state index in [1.165, 1.54) is 0 Å². The van der Waals surface area contributed by atoms with Crippen molar-refractivity contribution in [2.24, 2.45) is 0 Å². The van der Waals surface area contributed by atoms with Crippen molar-refractivity contribution >= 4 is 16.9 Å². The normalized spacial score (nSPS) is 10.7. The lowest BCUT2D eigenvalue weighted by molar-refractivity contribution is 1.12. The summed E-state index contributed by atoms with van der Waals surface area (Å²) in [6.45, 7) is 1.90. The van der Waals surface area contributed by atoms with Gasteiger partial charge in [0.1, 0.15) is 0 Å². The Morgan fingerprint density at radius 1 is 1.06 bits per heavy atom. The number of hydrogen-bond donors (Lipinski definition) is 1. The highest BCUT2D eigenvalue weighted by Crippen LogP contribution is 2.21. The largest absolute Gasteiger partial charge is 0.368 e. The summed E-state index contributed by atoms with van der Waals surface area (Å²) in [5.41, 5.74) is 9.25. The van der Waals surface area contributed by atoms with Crippen LogP contribution in [0.3, 0.4) is 0 Å². The van der Waals surface area contributed by atoms with Crippen molar-refractivity contribution in [3.05, 3.63) is 48.3 Å². The van der Waals surface area contributed by atoms with E-state index in [2.05, 4.69) is 21.0 Å². The number of nitrogens with two attached hydrogens (primary N) is 1. The van der Waals surface area contributed by atoms with Crippen LogP contribution in [0.2, 0.25) is 0 Å². The Kier molecular flexibility index (Phi) is 2.41. The van der Waals surface area contributed by atoms with Gasteiger partial charge in [0.15, 0.2) is 0 Å². The molecule has 0 radical (unpaired) electrons. The maximum Gasteiger partial charge on any atom is 0.220 e. The summed E-state index contributed by atoms with van der Waals surface area (Å²) in [6, 6.07) is 11.9. The van der Waals surface area contributed by atoms with Gasteiger partial charge in [0.25, 0.3) is 0 Å². The molecule has 88 valence electrons. The van der Waals surface area contributed by atoms with E-state index < -0.39 is 0 Å². The van der Waals surface area contributed by atoms with E-state index in [-0.39, 0.29) is 5.95 Å². The van der Waals surface area contributed by atoms with Gasteiger partial charge >= 0.3 is 0 Å². The van der Waals surface area contributed by atoms with Gasteiger partial charge in [-0.15, -0.1) is 0 Å². The second kappa shape index (κ2) is 4.07. The Balaban J connectivity index is 2.19. The standard InChI is InChI=1S/C14H12N4/c1-9-6-13(18-14(15)17-9)11-7-10-4-2-3-5-12(10)16-8-11/h2-8H,1H3,(H2,15,17,18). The molecule has 2 aromatic heterocycles. The second-order valence-corrected chi connectivity index (χ2v) is 4.17. The van der Waals surface area contributed by atoms with Crippen LogP contribution in [0.15, 0.2) is 42.6 Å². The van der Waals surface area contributed by atoms with Crippen LogP contribution < -0.4 is 5.73 Å². The minimum Gasteiger partial charge on any atom is -0.368 e. The molecule has 0 bridgehead atoms. The van der Waals surface area contributed by atoms with E-state index in [4.69, 9.17) is 5.73 Å². The Bertz CT molecular complexity index is 702. The average molecular weight is 236 g/mol. The zero-order valence-electron chi connectivity index (χ0n) is 9.96. The molecule has 0 aliphatic rings. The minimum atomic E-state index is 0.290. The number of rotatable bonds is 1. The number of aromatic nitrogens is 3. The van der Waals surface area contributed by atoms with Crippen molar-refractivity contribution in [3.8, 4) is 11.3 Å². The number of hydrogen-bond acceptors (Lipinski definition) is 4. The zero-order valence-corrected chi connectivity index (χ0v) is 9.96. The predicted octanol–water partition coefficient (Wildman–Crippen LogP) is 2.58. The molecule has 2 heterocycles. The van der Waals surface area contributed by atoms with Crippen LogP contribution in [0.25, 0.3) is 22.2 Å². The van der Waals surface area contributed by atoms with Crippen molar-refractivity contribution in [1.82, 2.24) is 15.0 Å². The summed E-state index contributed by atoms with van der Waals surface area (Å²) in [4.78, 5) is 12.7. The number of nitrogen functional groups attached to an aromatic ring is 1. The van der Waals surface area contributed by atoms with Gasteiger partial charge < -0.3 is 5.73 Å². The van der Waals surface area contributed by atoms with Gasteiger partial charge in [0.2, 0.25) is 5.95 Å². The number of para-hydroxylation sites is 1. The van der Waals surface area contributed by atoms with Crippen LogP contribution in [0.5, 0.6) is 0 Å². The Morgan fingerprint density at radius 2 is 1.89 bits per heavy atom. The van der Waals surface area contributed by atoms with E-state index in [0.29, 0.717) is 0 Å². The van der Waals surface area contributed by atoms with Gasteiger partial charge in [-0.05, 0) is 25.1 Å². The molecule has 0 amide bonds. The van der Waals surface area contributed by atoms with Gasteiger partial charge in [-0.2, -0.15) is 0 Å². The highest BCUT2D eigenvalue weighted by molar-refractivity contribution is 5.82. The third-order valence-electron chi connectivity index (χ3n) is 2.76. The lowest BCUT2D eigenvalue weighted by Gasteiger charge is -2.04. The zero-order chi connectivity index (χ0) is 12.5. The number of benzene rings is 1. The molecule has 4 heteroatoms. The third kappa shape index (κ3) is 1.88. The summed E-state index contributed by atoms with van der Waals surface area (Å²) in [6.07, 6.45) is 1.81. The highest BCUT2D eigenvalue weighted by Gasteiger charge is 2.04. The van der Waals surface area contributed by atoms with Crippen molar-refractivity contribution < 1.29 is 0 Å². The van der Waals surface area contributed by atoms with E-state index in [1.807, 2.05) is 43.5 Å². The van der Waals surface area contributed by atoms with Crippen LogP contribution in [0.4, 0.5) is 5.95 Å². The van der Waals surface area contributed by atoms with Crippen molar-refractivity contribution in [2.75, 3.05) is 5.73 Å². The van der Waals surface area contributed by atoms with Crippen LogP contribution in [-0.4, -0.2) is 15.0 Å². The molecule has 3 aromatic rings. The minimum absolute atomic E-state index is 0.290. The molecule has 4 nitrogen and oxygen atoms in total. The molecule has 18 heavy (non-hydrogen) atoms. The first-order valence-electron chi connectivity index (χ1n) is 5.69. The fraction of sp³-hybridized carbons (Fsp3) is 0.0714. The lowest BCUT2D eigenvalue weighted by Crippen LogP contribution is -1.98. The molecular formula is C14H12N4. The van der Waals surface area contributed by atoms with Crippen LogP contribution >= 0.6 is 0 Å². The summed E-state index contributed by atoms with van der Waals surface area (Å²) < 4.78 is 0. The fourth-order valence-corrected chi connectivity index (χ4v) is 1.95. The van der Waals surface area contributed by atoms with E-state index >= 15 is 0 Å². The van der Waals surface area contributed by atoms with E-state index in [1.54, 1.807) is 0 Å². The van der Waals surface area contributed by atoms with Crippen LogP contribution in [0, 0.1) is 6.92 Å². The monoisotopic (exact) mass is 236 g/mol. The predicted molar refractivity (Wildman–Crippen MR) is 71.9 cm³/mol. The van der Waals surface area contributed by atoms with Crippen LogP contribution in [-0.2, 0) is 0 Å². The Morgan fingerprint density at radius 3 is 2.72 bits per heavy atom. The summed E-state index contributed by atoms with van der Waals surface area (Å²) in [7, 11) is 0. The van der Waals surface area contributed by atoms with Crippen molar-refractivity contribution in [1.29, 1.82) is 0 Å². The first-order chi connectivity index (χ1) is 8.72. The molecule has 2 N–H and O–H groups in total. The molecule has 0 unspecified atom stereocenters. The van der Waals surface area contributed by atoms with Crippen molar-refractivity contribution in [2.45, 2.75) is 6.92 Å². The molecular weight excluding hydrogens is 224 g/mol. The molecule has 1 aromatic carbocycles. The first kappa shape index (κ1) is 10.7. The number of pyridine rings is 1. The molecule has 0 aliphatic carbocycles. The number of aryl methyl sites for hydroxylation is 1. The van der Waals surface area contributed by atoms with E-state index in [9.17, 15) is 0 Å². The average Bonchev–Trinajstić information content (AvgIpc) is 2.37. The van der Waals surface area contributed by atoms with Gasteiger partial charge in [-0.25, -0.2) is 9.97 Å². The van der Waals surface area contributed by atoms with Gasteiger partial charge in [0, 0.05) is 22.8 Å². The topological polar surface area (TPSA) is 64.7 Å². The maximum absolute atomic E-state index is 5.67. The molecule has 3 rings (SSSR count). The number of anilines is 1. The molecule has 0 fully saturated rings. The van der Waals surface area contributed by atoms with Gasteiger partial charge in [-0.1, -0.05) is 18.2 Å². The molecule has 0 saturated carbocycles. The van der Waals surface area contributed by atoms with Crippen molar-refractivity contribution in [3.63, 3.8) is 0 Å².